The molecule has 5 heteroatoms. The number of unbranched alkanes of at least 4 members (excludes halogenated alkanes) is 1. The van der Waals surface area contributed by atoms with Crippen molar-refractivity contribution in [3.63, 3.8) is 0 Å². The van der Waals surface area contributed by atoms with Crippen LogP contribution in [0, 0.1) is 5.82 Å². The Labute approximate surface area is 106 Å². The molecule has 1 unspecified atom stereocenters. The summed E-state index contributed by atoms with van der Waals surface area (Å²) in [4.78, 5) is 11.1. The predicted molar refractivity (Wildman–Crippen MR) is 67.8 cm³/mol. The van der Waals surface area contributed by atoms with Gasteiger partial charge in [0, 0.05) is 6.54 Å². The lowest BCUT2D eigenvalue weighted by Gasteiger charge is -2.08. The molecule has 1 atom stereocenters. The molecule has 0 aliphatic heterocycles. The minimum absolute atomic E-state index is 0.144. The molecule has 1 aromatic rings. The smallest absolute Gasteiger partial charge is 0.236 e. The first-order valence-electron chi connectivity index (χ1n) is 6.01. The van der Waals surface area contributed by atoms with Crippen LogP contribution in [0.25, 0.3) is 0 Å². The number of hydrogen-bond donors (Lipinski definition) is 2. The fraction of sp³-hybridized carbons (Fsp3) is 0.462. The van der Waals surface area contributed by atoms with Gasteiger partial charge in [-0.1, -0.05) is 0 Å². The monoisotopic (exact) mass is 254 g/mol. The molecule has 4 nitrogen and oxygen atoms in total. The van der Waals surface area contributed by atoms with Crippen LogP contribution in [0.15, 0.2) is 24.3 Å². The summed E-state index contributed by atoms with van der Waals surface area (Å²) in [5.41, 5.74) is 5.40. The number of nitrogens with one attached hydrogen (secondary N) is 1. The summed E-state index contributed by atoms with van der Waals surface area (Å²) in [5, 5.41) is 2.72. The third kappa shape index (κ3) is 5.63. The lowest BCUT2D eigenvalue weighted by molar-refractivity contribution is -0.121. The third-order valence-corrected chi connectivity index (χ3v) is 2.37. The van der Waals surface area contributed by atoms with Gasteiger partial charge in [-0.25, -0.2) is 4.39 Å². The number of nitrogens with two attached hydrogens (primary N) is 1. The van der Waals surface area contributed by atoms with E-state index in [0.29, 0.717) is 18.9 Å². The van der Waals surface area contributed by atoms with Gasteiger partial charge in [-0.2, -0.15) is 0 Å². The van der Waals surface area contributed by atoms with Crippen LogP contribution >= 0.6 is 0 Å². The zero-order valence-electron chi connectivity index (χ0n) is 10.5. The fourth-order valence-corrected chi connectivity index (χ4v) is 1.32. The van der Waals surface area contributed by atoms with Gasteiger partial charge in [0.15, 0.2) is 0 Å². The fourth-order valence-electron chi connectivity index (χ4n) is 1.32. The summed E-state index contributed by atoms with van der Waals surface area (Å²) < 4.78 is 18.0. The van der Waals surface area contributed by atoms with Gasteiger partial charge in [-0.15, -0.1) is 0 Å². The molecule has 1 rings (SSSR count). The van der Waals surface area contributed by atoms with Crippen LogP contribution in [-0.2, 0) is 4.79 Å². The van der Waals surface area contributed by atoms with Crippen molar-refractivity contribution in [1.29, 1.82) is 0 Å². The zero-order valence-corrected chi connectivity index (χ0v) is 10.5. The predicted octanol–water partition coefficient (Wildman–Crippen LogP) is 1.45. The Morgan fingerprint density at radius 2 is 2.06 bits per heavy atom. The maximum atomic E-state index is 12.6. The number of carbonyl (C=O) groups excluding carboxylic acids is 1. The van der Waals surface area contributed by atoms with Gasteiger partial charge in [-0.05, 0) is 44.0 Å². The number of amides is 1. The molecule has 0 spiro atoms. The lowest BCUT2D eigenvalue weighted by atomic mass is 10.3. The third-order valence-electron chi connectivity index (χ3n) is 2.37. The molecular weight excluding hydrogens is 235 g/mol. The van der Waals surface area contributed by atoms with Crippen LogP contribution in [0.3, 0.4) is 0 Å². The van der Waals surface area contributed by atoms with Crippen LogP contribution in [0.4, 0.5) is 4.39 Å². The van der Waals surface area contributed by atoms with Gasteiger partial charge >= 0.3 is 0 Å². The maximum Gasteiger partial charge on any atom is 0.236 e. The van der Waals surface area contributed by atoms with Crippen LogP contribution in [0.2, 0.25) is 0 Å². The van der Waals surface area contributed by atoms with E-state index in [4.69, 9.17) is 10.5 Å². The van der Waals surface area contributed by atoms with Gasteiger partial charge < -0.3 is 15.8 Å². The van der Waals surface area contributed by atoms with E-state index in [1.807, 2.05) is 0 Å². The summed E-state index contributed by atoms with van der Waals surface area (Å²) in [7, 11) is 0. The number of benzene rings is 1. The van der Waals surface area contributed by atoms with Crippen molar-refractivity contribution in [2.75, 3.05) is 13.2 Å². The van der Waals surface area contributed by atoms with E-state index in [1.165, 1.54) is 12.1 Å². The molecule has 0 heterocycles. The molecule has 0 bridgehead atoms. The standard InChI is InChI=1S/C13H19FN2O2/c1-10(15)13(17)16-8-2-3-9-18-12-6-4-11(14)5-7-12/h4-7,10H,2-3,8-9,15H2,1H3,(H,16,17). The molecule has 0 aromatic heterocycles. The first kappa shape index (κ1) is 14.4. The second-order valence-electron chi connectivity index (χ2n) is 4.09. The SMILES string of the molecule is CC(N)C(=O)NCCCCOc1ccc(F)cc1. The van der Waals surface area contributed by atoms with E-state index in [2.05, 4.69) is 5.32 Å². The Morgan fingerprint density at radius 3 is 2.67 bits per heavy atom. The summed E-state index contributed by atoms with van der Waals surface area (Å²) >= 11 is 0. The number of ether oxygens (including phenoxy) is 1. The Morgan fingerprint density at radius 1 is 1.39 bits per heavy atom. The van der Waals surface area contributed by atoms with Crippen molar-refractivity contribution in [3.05, 3.63) is 30.1 Å². The van der Waals surface area contributed by atoms with Crippen LogP contribution in [0.1, 0.15) is 19.8 Å². The van der Waals surface area contributed by atoms with Gasteiger partial charge in [-0.3, -0.25) is 4.79 Å². The number of halogens is 1. The topological polar surface area (TPSA) is 64.4 Å². The molecule has 18 heavy (non-hydrogen) atoms. The van der Waals surface area contributed by atoms with E-state index >= 15 is 0 Å². The van der Waals surface area contributed by atoms with Crippen LogP contribution in [0.5, 0.6) is 5.75 Å². The highest BCUT2D eigenvalue weighted by molar-refractivity contribution is 5.80. The molecular formula is C13H19FN2O2. The van der Waals surface area contributed by atoms with E-state index in [9.17, 15) is 9.18 Å². The highest BCUT2D eigenvalue weighted by Crippen LogP contribution is 2.11. The van der Waals surface area contributed by atoms with Gasteiger partial charge in [0.1, 0.15) is 11.6 Å². The Balaban J connectivity index is 2.05. The highest BCUT2D eigenvalue weighted by atomic mass is 19.1. The molecule has 0 fully saturated rings. The Hall–Kier alpha value is -1.62. The van der Waals surface area contributed by atoms with Crippen LogP contribution in [-0.4, -0.2) is 25.1 Å². The lowest BCUT2D eigenvalue weighted by Crippen LogP contribution is -2.38. The van der Waals surface area contributed by atoms with E-state index < -0.39 is 6.04 Å². The van der Waals surface area contributed by atoms with E-state index in [1.54, 1.807) is 19.1 Å². The van der Waals surface area contributed by atoms with E-state index in [0.717, 1.165) is 12.8 Å². The second-order valence-corrected chi connectivity index (χ2v) is 4.09. The zero-order chi connectivity index (χ0) is 13.4. The summed E-state index contributed by atoms with van der Waals surface area (Å²) in [6.07, 6.45) is 1.64. The van der Waals surface area contributed by atoms with Crippen molar-refractivity contribution >= 4 is 5.91 Å². The molecule has 0 saturated heterocycles. The largest absolute Gasteiger partial charge is 0.494 e. The van der Waals surface area contributed by atoms with Crippen molar-refractivity contribution in [3.8, 4) is 5.75 Å². The van der Waals surface area contributed by atoms with Gasteiger partial charge in [0.25, 0.3) is 0 Å². The first-order valence-corrected chi connectivity index (χ1v) is 6.01. The molecule has 1 aromatic carbocycles. The molecule has 100 valence electrons. The van der Waals surface area contributed by atoms with Crippen molar-refractivity contribution in [2.45, 2.75) is 25.8 Å². The molecule has 3 N–H and O–H groups in total. The molecule has 0 radical (unpaired) electrons. The second kappa shape index (κ2) is 7.66. The van der Waals surface area contributed by atoms with Crippen molar-refractivity contribution in [1.82, 2.24) is 5.32 Å². The van der Waals surface area contributed by atoms with Crippen molar-refractivity contribution in [2.24, 2.45) is 5.73 Å². The molecule has 0 aliphatic rings. The van der Waals surface area contributed by atoms with Crippen molar-refractivity contribution < 1.29 is 13.9 Å². The maximum absolute atomic E-state index is 12.6. The minimum atomic E-state index is -0.472. The summed E-state index contributed by atoms with van der Waals surface area (Å²) in [6, 6.07) is 5.43. The van der Waals surface area contributed by atoms with E-state index in [-0.39, 0.29) is 11.7 Å². The number of carbonyl (C=O) groups is 1. The first-order chi connectivity index (χ1) is 8.59. The average molecular weight is 254 g/mol. The quantitative estimate of drug-likeness (QED) is 0.724. The Kier molecular flexibility index (Phi) is 6.14. The van der Waals surface area contributed by atoms with Gasteiger partial charge in [0.2, 0.25) is 5.91 Å². The van der Waals surface area contributed by atoms with Crippen LogP contribution < -0.4 is 15.8 Å². The summed E-state index contributed by atoms with van der Waals surface area (Å²) in [5.74, 6) is 0.228. The molecule has 0 aliphatic carbocycles. The number of hydrogen-bond acceptors (Lipinski definition) is 3. The van der Waals surface area contributed by atoms with Gasteiger partial charge in [0.05, 0.1) is 12.6 Å². The molecule has 0 saturated carbocycles. The highest BCUT2D eigenvalue weighted by Gasteiger charge is 2.04. The average Bonchev–Trinajstić information content (AvgIpc) is 2.35. The Bertz CT molecular complexity index is 366. The minimum Gasteiger partial charge on any atom is -0.494 e. The number of rotatable bonds is 7. The summed E-state index contributed by atoms with van der Waals surface area (Å²) in [6.45, 7) is 2.78. The normalized spacial score (nSPS) is 11.9. The molecule has 1 amide bonds.